The lowest BCUT2D eigenvalue weighted by Gasteiger charge is -1.69. The van der Waals surface area contributed by atoms with Crippen molar-refractivity contribution in [1.29, 1.82) is 0 Å². The Morgan fingerprint density at radius 3 is 2.86 bits per heavy atom. The van der Waals surface area contributed by atoms with Crippen LogP contribution in [0.2, 0.25) is 0 Å². The van der Waals surface area contributed by atoms with E-state index in [0.717, 1.165) is 11.3 Å². The summed E-state index contributed by atoms with van der Waals surface area (Å²) in [7, 11) is 0. The van der Waals surface area contributed by atoms with E-state index >= 15 is 0 Å². The van der Waals surface area contributed by atoms with E-state index in [-0.39, 0.29) is 4.74 Å². The van der Waals surface area contributed by atoms with E-state index in [2.05, 4.69) is 4.98 Å². The zero-order valence-corrected chi connectivity index (χ0v) is 4.31. The fourth-order valence-electron chi connectivity index (χ4n) is 0.261. The van der Waals surface area contributed by atoms with E-state index in [9.17, 15) is 4.79 Å². The maximum atomic E-state index is 10.2. The molecule has 0 aliphatic carbocycles. The first-order valence-electron chi connectivity index (χ1n) is 1.78. The second-order valence-electron chi connectivity index (χ2n) is 1.01. The maximum absolute atomic E-state index is 10.2. The van der Waals surface area contributed by atoms with Crippen LogP contribution < -0.4 is 4.74 Å². The number of hydrogen-bond donors (Lipinski definition) is 0. The second kappa shape index (κ2) is 1.84. The molecule has 0 aliphatic rings. The van der Waals surface area contributed by atoms with Crippen molar-refractivity contribution in [3.8, 4) is 0 Å². The molecule has 0 unspecified atom stereocenters. The predicted octanol–water partition coefficient (Wildman–Crippen LogP) is 0.503. The molecule has 0 amide bonds. The Balaban J connectivity index is 3.28. The van der Waals surface area contributed by atoms with Gasteiger partial charge in [-0.1, -0.05) is 11.3 Å². The first-order chi connectivity index (χ1) is 3.39. The summed E-state index contributed by atoms with van der Waals surface area (Å²) in [5.74, 6) is 0. The van der Waals surface area contributed by atoms with Gasteiger partial charge in [-0.05, 0) is 0 Å². The van der Waals surface area contributed by atoms with E-state index in [0.29, 0.717) is 0 Å². The van der Waals surface area contributed by atoms with Gasteiger partial charge in [0.25, 0.3) is 0 Å². The Hall–Kier alpha value is -0.700. The van der Waals surface area contributed by atoms with Crippen LogP contribution in [-0.2, 0) is 0 Å². The lowest BCUT2D eigenvalue weighted by Crippen LogP contribution is -1.87. The van der Waals surface area contributed by atoms with Crippen LogP contribution in [0.15, 0.2) is 22.6 Å². The molecule has 1 aromatic heterocycles. The third-order valence-electron chi connectivity index (χ3n) is 0.526. The third-order valence-corrected chi connectivity index (χ3v) is 1.12. The molecule has 1 heterocycles. The summed E-state index contributed by atoms with van der Waals surface area (Å²) in [4.78, 5) is 13.9. The first kappa shape index (κ1) is 4.46. The van der Waals surface area contributed by atoms with Crippen LogP contribution in [0, 0.1) is 0 Å². The minimum Gasteiger partial charge on any atom is -0.278 e. The molecule has 0 spiro atoms. The van der Waals surface area contributed by atoms with E-state index in [1.165, 1.54) is 17.8 Å². The van der Waals surface area contributed by atoms with Gasteiger partial charge in [-0.3, -0.25) is 9.78 Å². The van der Waals surface area contributed by atoms with E-state index in [1.807, 2.05) is 0 Å². The van der Waals surface area contributed by atoms with Gasteiger partial charge in [0.1, 0.15) is 0 Å². The zero-order valence-electron chi connectivity index (χ0n) is 3.50. The Morgan fingerprint density at radius 2 is 2.57 bits per heavy atom. The number of aromatic nitrogens is 1. The molecular weight excluding hydrogens is 110 g/mol. The van der Waals surface area contributed by atoms with Crippen molar-refractivity contribution < 1.29 is 0 Å². The van der Waals surface area contributed by atoms with Crippen LogP contribution >= 0.6 is 11.3 Å². The van der Waals surface area contributed by atoms with Crippen LogP contribution in [0.3, 0.4) is 0 Å². The molecule has 3 heteroatoms. The van der Waals surface area contributed by atoms with Crippen LogP contribution in [0.1, 0.15) is 0 Å². The highest BCUT2D eigenvalue weighted by Gasteiger charge is 1.72. The lowest BCUT2D eigenvalue weighted by molar-refractivity contribution is 1.38. The fourth-order valence-corrected chi connectivity index (χ4v) is 0.635. The summed E-state index contributed by atoms with van der Waals surface area (Å²) < 4.78 is 0.0509. The predicted molar refractivity (Wildman–Crippen MR) is 28.4 cm³/mol. The molecule has 0 saturated carbocycles. The molecule has 0 N–H and O–H groups in total. The molecule has 0 bridgehead atoms. The van der Waals surface area contributed by atoms with Gasteiger partial charge in [0, 0.05) is 12.3 Å². The van der Waals surface area contributed by atoms with Crippen molar-refractivity contribution in [2.75, 3.05) is 0 Å². The molecule has 2 nitrogen and oxygen atoms in total. The lowest BCUT2D eigenvalue weighted by atomic mass is 10.8. The summed E-state index contributed by atoms with van der Waals surface area (Å²) in [6, 6.07) is 1.44. The summed E-state index contributed by atoms with van der Waals surface area (Å²) in [5.41, 5.74) is 1.52. The van der Waals surface area contributed by atoms with Crippen LogP contribution in [0.5, 0.6) is 0 Å². The molecule has 1 aromatic rings. The highest BCUT2D eigenvalue weighted by atomic mass is 32.1. The van der Waals surface area contributed by atoms with Gasteiger partial charge >= 0.3 is 0 Å². The van der Waals surface area contributed by atoms with E-state index in [4.69, 9.17) is 0 Å². The monoisotopic (exact) mass is 113 g/mol. The van der Waals surface area contributed by atoms with Gasteiger partial charge in [-0.15, -0.1) is 0 Å². The Kier molecular flexibility index (Phi) is 1.17. The largest absolute Gasteiger partial charge is 0.278 e. The van der Waals surface area contributed by atoms with Crippen LogP contribution in [0.25, 0.3) is 0 Å². The quantitative estimate of drug-likeness (QED) is 0.490. The molecule has 0 aliphatic heterocycles. The van der Waals surface area contributed by atoms with Crippen molar-refractivity contribution >= 4 is 11.3 Å². The average Bonchev–Trinajstić information content (AvgIpc) is 1.69. The average molecular weight is 113 g/mol. The molecule has 0 radical (unpaired) electrons. The van der Waals surface area contributed by atoms with Crippen LogP contribution in [-0.4, -0.2) is 4.98 Å². The van der Waals surface area contributed by atoms with Gasteiger partial charge in [0.05, 0.1) is 5.51 Å². The minimum atomic E-state index is 0.0509. The molecule has 1 rings (SSSR count). The van der Waals surface area contributed by atoms with Crippen molar-refractivity contribution in [2.24, 2.45) is 0 Å². The SMILES string of the molecule is O=c1ccncs1. The van der Waals surface area contributed by atoms with Gasteiger partial charge in [0.2, 0.25) is 4.74 Å². The van der Waals surface area contributed by atoms with Crippen LogP contribution in [0.4, 0.5) is 0 Å². The van der Waals surface area contributed by atoms with E-state index in [1.54, 1.807) is 0 Å². The standard InChI is InChI=1S/C4H3NOS/c6-4-1-2-5-3-7-4/h1-3H. The number of rotatable bonds is 0. The third kappa shape index (κ3) is 1.08. The zero-order chi connectivity index (χ0) is 5.11. The Morgan fingerprint density at radius 1 is 1.71 bits per heavy atom. The minimum absolute atomic E-state index is 0.0509. The maximum Gasteiger partial charge on any atom is 0.235 e. The van der Waals surface area contributed by atoms with Crippen molar-refractivity contribution in [3.05, 3.63) is 27.3 Å². The van der Waals surface area contributed by atoms with Crippen molar-refractivity contribution in [3.63, 3.8) is 0 Å². The van der Waals surface area contributed by atoms with Gasteiger partial charge in [0.15, 0.2) is 0 Å². The smallest absolute Gasteiger partial charge is 0.235 e. The highest BCUT2D eigenvalue weighted by Crippen LogP contribution is 1.75. The first-order valence-corrected chi connectivity index (χ1v) is 2.66. The Labute approximate surface area is 44.5 Å². The molecule has 0 fully saturated rings. The second-order valence-corrected chi connectivity index (χ2v) is 1.86. The Bertz CT molecular complexity index is 177. The summed E-state index contributed by atoms with van der Waals surface area (Å²) in [6.07, 6.45) is 1.48. The van der Waals surface area contributed by atoms with Crippen molar-refractivity contribution in [2.45, 2.75) is 0 Å². The normalized spacial score (nSPS) is 8.57. The summed E-state index contributed by atoms with van der Waals surface area (Å²) >= 11 is 1.10. The van der Waals surface area contributed by atoms with Gasteiger partial charge < -0.3 is 0 Å². The summed E-state index contributed by atoms with van der Waals surface area (Å²) in [5, 5.41) is 0. The van der Waals surface area contributed by atoms with Gasteiger partial charge in [-0.25, -0.2) is 0 Å². The van der Waals surface area contributed by atoms with E-state index < -0.39 is 0 Å². The topological polar surface area (TPSA) is 30.0 Å². The molecule has 7 heavy (non-hydrogen) atoms. The number of nitrogens with zero attached hydrogens (tertiary/aromatic N) is 1. The summed E-state index contributed by atoms with van der Waals surface area (Å²) in [6.45, 7) is 0. The van der Waals surface area contributed by atoms with Gasteiger partial charge in [-0.2, -0.15) is 0 Å². The highest BCUT2D eigenvalue weighted by molar-refractivity contribution is 7.06. The molecule has 0 saturated heterocycles. The molecular formula is C4H3NOS. The molecule has 0 aromatic carbocycles. The van der Waals surface area contributed by atoms with Crippen molar-refractivity contribution in [1.82, 2.24) is 4.98 Å². The number of hydrogen-bond acceptors (Lipinski definition) is 3. The molecule has 36 valence electrons. The molecule has 0 atom stereocenters. The fraction of sp³-hybridized carbons (Fsp3) is 0.